The van der Waals surface area contributed by atoms with Gasteiger partial charge in [0, 0.05) is 19.8 Å². The van der Waals surface area contributed by atoms with Gasteiger partial charge in [-0.3, -0.25) is 0 Å². The van der Waals surface area contributed by atoms with Crippen molar-refractivity contribution in [2.75, 3.05) is 14.2 Å². The average molecular weight is 545 g/mol. The minimum Gasteiger partial charge on any atom is -0.380 e. The molecule has 1 aliphatic rings. The van der Waals surface area contributed by atoms with E-state index in [1.165, 1.54) is 49.3 Å². The molecule has 4 aromatic carbocycles. The highest BCUT2D eigenvalue weighted by Gasteiger charge is 2.55. The van der Waals surface area contributed by atoms with E-state index in [1.807, 2.05) is 0 Å². The Morgan fingerprint density at radius 1 is 0.700 bits per heavy atom. The molecule has 5 rings (SSSR count). The number of hydrogen-bond acceptors (Lipinski definition) is 2. The molecule has 0 N–H and O–H groups in total. The monoisotopic (exact) mass is 544 g/mol. The molecule has 1 aliphatic heterocycles. The fourth-order valence-corrected chi connectivity index (χ4v) is 11.7. The van der Waals surface area contributed by atoms with Crippen LogP contribution in [-0.4, -0.2) is 22.3 Å². The topological polar surface area (TPSA) is 18.5 Å². The molecule has 0 amide bonds. The van der Waals surface area contributed by atoms with Crippen LogP contribution in [0.15, 0.2) is 84.9 Å². The van der Waals surface area contributed by atoms with Crippen LogP contribution in [0.1, 0.15) is 56.4 Å². The van der Waals surface area contributed by atoms with Gasteiger partial charge in [-0.2, -0.15) is 0 Å². The molecule has 0 spiro atoms. The van der Waals surface area contributed by atoms with E-state index < -0.39 is 8.07 Å². The first-order valence-corrected chi connectivity index (χ1v) is 16.3. The molecular weight excluding hydrogens is 504 g/mol. The fraction of sp³-hybridized carbons (Fsp3) is 0.297. The lowest BCUT2D eigenvalue weighted by Crippen LogP contribution is -2.62. The summed E-state index contributed by atoms with van der Waals surface area (Å²) >= 11 is 0. The summed E-state index contributed by atoms with van der Waals surface area (Å²) in [6, 6.07) is 30.4. The summed E-state index contributed by atoms with van der Waals surface area (Å²) in [5, 5.41) is 2.80. The number of benzene rings is 4. The van der Waals surface area contributed by atoms with E-state index in [0.29, 0.717) is 13.2 Å². The van der Waals surface area contributed by atoms with Gasteiger partial charge in [0.25, 0.3) is 0 Å². The van der Waals surface area contributed by atoms with Crippen molar-refractivity contribution in [1.82, 2.24) is 0 Å². The summed E-state index contributed by atoms with van der Waals surface area (Å²) in [6.45, 7) is 10.6. The van der Waals surface area contributed by atoms with Crippen LogP contribution in [0, 0.1) is 11.5 Å². The summed E-state index contributed by atoms with van der Waals surface area (Å²) in [5.74, 6) is 3.69. The molecule has 1 heterocycles. The second kappa shape index (κ2) is 11.6. The number of rotatable bonds is 7. The van der Waals surface area contributed by atoms with Gasteiger partial charge in [-0.15, -0.1) is 5.54 Å². The van der Waals surface area contributed by atoms with Gasteiger partial charge in [0.05, 0.1) is 13.2 Å². The normalized spacial score (nSPS) is 15.8. The van der Waals surface area contributed by atoms with Crippen LogP contribution in [0.5, 0.6) is 0 Å². The van der Waals surface area contributed by atoms with Crippen molar-refractivity contribution in [3.8, 4) is 33.7 Å². The van der Waals surface area contributed by atoms with Gasteiger partial charge in [-0.1, -0.05) is 113 Å². The smallest absolute Gasteiger partial charge is 0.206 e. The van der Waals surface area contributed by atoms with Crippen LogP contribution in [0.25, 0.3) is 22.3 Å². The first kappa shape index (κ1) is 28.1. The standard InChI is InChI=1S/C37H40O2Si/c1-7-16-29-31(25-38-5)32(26-39-6)34(28-19-12-9-13-20-28)36-35(29)30-21-14-15-22-33(30)40(36,37(2,3)4)24-23-27-17-10-8-11-18-27/h8-15,17-22H,7,16,25-26H2,1-6H3/t40-/m0/s1. The van der Waals surface area contributed by atoms with Gasteiger partial charge in [-0.25, -0.2) is 0 Å². The number of hydrogen-bond donors (Lipinski definition) is 0. The molecule has 204 valence electrons. The van der Waals surface area contributed by atoms with Crippen molar-refractivity contribution < 1.29 is 9.47 Å². The van der Waals surface area contributed by atoms with E-state index in [2.05, 4.69) is 124 Å². The summed E-state index contributed by atoms with van der Waals surface area (Å²) in [6.07, 6.45) is 2.05. The van der Waals surface area contributed by atoms with E-state index >= 15 is 0 Å². The first-order valence-electron chi connectivity index (χ1n) is 14.3. The molecule has 0 fully saturated rings. The third kappa shape index (κ3) is 4.65. The molecule has 0 unspecified atom stereocenters. The van der Waals surface area contributed by atoms with Crippen molar-refractivity contribution >= 4 is 18.4 Å². The largest absolute Gasteiger partial charge is 0.380 e. The van der Waals surface area contributed by atoms with Gasteiger partial charge in [-0.05, 0) is 72.9 Å². The van der Waals surface area contributed by atoms with Gasteiger partial charge in [0.1, 0.15) is 0 Å². The SMILES string of the molecule is CCCc1c(COC)c(COC)c(-c2ccccc2)c2c1-c1ccccc1[Si@]2(C#Cc1ccccc1)C(C)(C)C. The maximum absolute atomic E-state index is 5.95. The molecule has 2 nitrogen and oxygen atoms in total. The lowest BCUT2D eigenvalue weighted by Gasteiger charge is -2.39. The first-order chi connectivity index (χ1) is 19.4. The van der Waals surface area contributed by atoms with Gasteiger partial charge < -0.3 is 9.47 Å². The molecule has 0 aromatic heterocycles. The third-order valence-electron chi connectivity index (χ3n) is 8.24. The van der Waals surface area contributed by atoms with E-state index in [4.69, 9.17) is 9.47 Å². The van der Waals surface area contributed by atoms with Crippen molar-refractivity contribution in [3.63, 3.8) is 0 Å². The Morgan fingerprint density at radius 2 is 1.30 bits per heavy atom. The third-order valence-corrected chi connectivity index (χ3v) is 13.5. The molecule has 4 aromatic rings. The summed E-state index contributed by atoms with van der Waals surface area (Å²) in [4.78, 5) is 0. The van der Waals surface area contributed by atoms with Crippen LogP contribution in [0.4, 0.5) is 0 Å². The Balaban J connectivity index is 2.05. The molecule has 0 radical (unpaired) electrons. The van der Waals surface area contributed by atoms with Crippen LogP contribution >= 0.6 is 0 Å². The summed E-state index contributed by atoms with van der Waals surface area (Å²) in [5.41, 5.74) is 14.3. The zero-order valence-corrected chi connectivity index (χ0v) is 25.7. The lowest BCUT2D eigenvalue weighted by atomic mass is 9.84. The molecule has 1 atom stereocenters. The molecular formula is C37H40O2Si. The van der Waals surface area contributed by atoms with Crippen molar-refractivity contribution in [2.24, 2.45) is 0 Å². The van der Waals surface area contributed by atoms with Crippen LogP contribution < -0.4 is 10.4 Å². The molecule has 0 saturated carbocycles. The Hall–Kier alpha value is -3.42. The van der Waals surface area contributed by atoms with Crippen LogP contribution in [0.3, 0.4) is 0 Å². The quantitative estimate of drug-likeness (QED) is 0.177. The van der Waals surface area contributed by atoms with Gasteiger partial charge in [0.2, 0.25) is 8.07 Å². The minimum absolute atomic E-state index is 0.0732. The Labute approximate surface area is 241 Å². The van der Waals surface area contributed by atoms with Crippen molar-refractivity contribution in [1.29, 1.82) is 0 Å². The maximum Gasteiger partial charge on any atom is 0.206 e. The highest BCUT2D eigenvalue weighted by molar-refractivity contribution is 7.13. The molecule has 40 heavy (non-hydrogen) atoms. The van der Waals surface area contributed by atoms with Crippen molar-refractivity contribution in [3.05, 3.63) is 107 Å². The minimum atomic E-state index is -2.71. The average Bonchev–Trinajstić information content (AvgIpc) is 3.26. The predicted molar refractivity (Wildman–Crippen MR) is 171 cm³/mol. The lowest BCUT2D eigenvalue weighted by molar-refractivity contribution is 0.168. The van der Waals surface area contributed by atoms with Crippen molar-refractivity contribution in [2.45, 2.75) is 58.8 Å². The second-order valence-corrected chi connectivity index (χ2v) is 16.0. The summed E-state index contributed by atoms with van der Waals surface area (Å²) in [7, 11) is 0.893. The molecule has 0 saturated heterocycles. The highest BCUT2D eigenvalue weighted by Crippen LogP contribution is 2.48. The van der Waals surface area contributed by atoms with Crippen LogP contribution in [-0.2, 0) is 29.1 Å². The zero-order valence-electron chi connectivity index (χ0n) is 24.7. The Bertz CT molecular complexity index is 1560. The zero-order chi connectivity index (χ0) is 28.3. The van der Waals surface area contributed by atoms with Gasteiger partial charge in [0.15, 0.2) is 0 Å². The predicted octanol–water partition coefficient (Wildman–Crippen LogP) is 7.53. The Kier molecular flexibility index (Phi) is 8.15. The molecule has 0 aliphatic carbocycles. The maximum atomic E-state index is 5.95. The summed E-state index contributed by atoms with van der Waals surface area (Å²) < 4.78 is 11.8. The number of fused-ring (bicyclic) bond motifs is 3. The van der Waals surface area contributed by atoms with Gasteiger partial charge >= 0.3 is 0 Å². The fourth-order valence-electron chi connectivity index (χ4n) is 6.60. The highest BCUT2D eigenvalue weighted by atomic mass is 28.3. The van der Waals surface area contributed by atoms with E-state index in [-0.39, 0.29) is 5.04 Å². The Morgan fingerprint density at radius 3 is 1.93 bits per heavy atom. The van der Waals surface area contributed by atoms with E-state index in [1.54, 1.807) is 14.2 Å². The van der Waals surface area contributed by atoms with Crippen LogP contribution in [0.2, 0.25) is 5.04 Å². The van der Waals surface area contributed by atoms with E-state index in [9.17, 15) is 0 Å². The molecule has 0 bridgehead atoms. The second-order valence-electron chi connectivity index (χ2n) is 11.7. The van der Waals surface area contributed by atoms with E-state index in [0.717, 1.165) is 18.4 Å². The molecule has 3 heteroatoms. The number of methoxy groups -OCH3 is 2. The number of ether oxygens (including phenoxy) is 2.